The molecule has 0 aliphatic carbocycles. The summed E-state index contributed by atoms with van der Waals surface area (Å²) in [6.45, 7) is 6.27. The molecule has 3 amide bonds. The zero-order valence-electron chi connectivity index (χ0n) is 15.6. The second kappa shape index (κ2) is 9.29. The molecule has 0 unspecified atom stereocenters. The van der Waals surface area contributed by atoms with E-state index in [0.717, 1.165) is 27.9 Å². The molecule has 0 saturated carbocycles. The van der Waals surface area contributed by atoms with Crippen LogP contribution in [0, 0.1) is 20.8 Å². The number of hydrogen-bond donors (Lipinski definition) is 3. The third kappa shape index (κ3) is 5.81. The van der Waals surface area contributed by atoms with Gasteiger partial charge in [0.15, 0.2) is 0 Å². The lowest BCUT2D eigenvalue weighted by molar-refractivity contribution is -0.115. The van der Waals surface area contributed by atoms with E-state index in [-0.39, 0.29) is 18.5 Å². The second-order valence-electron chi connectivity index (χ2n) is 6.21. The third-order valence-corrected chi connectivity index (χ3v) is 4.71. The first-order valence-corrected chi connectivity index (χ1v) is 9.64. The Kier molecular flexibility index (Phi) is 7.09. The van der Waals surface area contributed by atoms with E-state index in [1.807, 2.05) is 63.4 Å². The lowest BCUT2D eigenvalue weighted by atomic mass is 10.1. The van der Waals surface area contributed by atoms with Gasteiger partial charge in [0.05, 0.1) is 6.54 Å². The van der Waals surface area contributed by atoms with Crippen LogP contribution in [0.3, 0.4) is 0 Å². The first kappa shape index (κ1) is 19.8. The number of carbonyl (C=O) groups excluding carboxylic acids is 2. The molecule has 138 valence electrons. The van der Waals surface area contributed by atoms with Crippen molar-refractivity contribution >= 4 is 29.4 Å². The van der Waals surface area contributed by atoms with E-state index in [4.69, 9.17) is 0 Å². The number of benzene rings is 2. The molecule has 0 aliphatic heterocycles. The molecule has 0 heterocycles. The van der Waals surface area contributed by atoms with Gasteiger partial charge < -0.3 is 16.0 Å². The molecular formula is C20H25N3O2S. The summed E-state index contributed by atoms with van der Waals surface area (Å²) in [5, 5.41) is 8.19. The highest BCUT2D eigenvalue weighted by molar-refractivity contribution is 7.98. The van der Waals surface area contributed by atoms with Crippen LogP contribution in [0.2, 0.25) is 0 Å². The van der Waals surface area contributed by atoms with Crippen LogP contribution in [0.5, 0.6) is 0 Å². The predicted molar refractivity (Wildman–Crippen MR) is 108 cm³/mol. The standard InChI is InChI=1S/C20H25N3O2S/c1-13-9-14(2)19(15(3)10-13)23-18(24)12-22-20(25)21-11-16-5-7-17(26-4)8-6-16/h5-10H,11-12H2,1-4H3,(H,23,24)(H2,21,22,25). The molecule has 0 bridgehead atoms. The van der Waals surface area contributed by atoms with E-state index < -0.39 is 0 Å². The molecule has 5 nitrogen and oxygen atoms in total. The Hall–Kier alpha value is -2.47. The number of amides is 3. The van der Waals surface area contributed by atoms with Crippen molar-refractivity contribution in [3.8, 4) is 0 Å². The topological polar surface area (TPSA) is 70.2 Å². The van der Waals surface area contributed by atoms with Crippen LogP contribution in [0.1, 0.15) is 22.3 Å². The highest BCUT2D eigenvalue weighted by Crippen LogP contribution is 2.21. The fraction of sp³-hybridized carbons (Fsp3) is 0.300. The lowest BCUT2D eigenvalue weighted by Crippen LogP contribution is -2.39. The van der Waals surface area contributed by atoms with Crippen LogP contribution in [-0.4, -0.2) is 24.7 Å². The molecule has 2 aromatic rings. The van der Waals surface area contributed by atoms with E-state index in [2.05, 4.69) is 16.0 Å². The Balaban J connectivity index is 1.78. The summed E-state index contributed by atoms with van der Waals surface area (Å²) in [4.78, 5) is 25.1. The van der Waals surface area contributed by atoms with Crippen LogP contribution in [-0.2, 0) is 11.3 Å². The Morgan fingerprint density at radius 3 is 2.15 bits per heavy atom. The molecule has 2 rings (SSSR count). The minimum atomic E-state index is -0.369. The Morgan fingerprint density at radius 1 is 0.962 bits per heavy atom. The number of thioether (sulfide) groups is 1. The molecule has 0 aliphatic rings. The van der Waals surface area contributed by atoms with Gasteiger partial charge in [-0.05, 0) is 55.9 Å². The Bertz CT molecular complexity index is 765. The molecule has 0 radical (unpaired) electrons. The van der Waals surface area contributed by atoms with Gasteiger partial charge in [-0.1, -0.05) is 29.8 Å². The van der Waals surface area contributed by atoms with E-state index >= 15 is 0 Å². The SMILES string of the molecule is CSc1ccc(CNC(=O)NCC(=O)Nc2c(C)cc(C)cc2C)cc1. The van der Waals surface area contributed by atoms with Gasteiger partial charge in [-0.2, -0.15) is 0 Å². The third-order valence-electron chi connectivity index (χ3n) is 3.96. The molecule has 2 aromatic carbocycles. The maximum atomic E-state index is 12.1. The van der Waals surface area contributed by atoms with Crippen molar-refractivity contribution in [1.82, 2.24) is 10.6 Å². The minimum Gasteiger partial charge on any atom is -0.334 e. The summed E-state index contributed by atoms with van der Waals surface area (Å²) in [6.07, 6.45) is 2.02. The monoisotopic (exact) mass is 371 g/mol. The molecule has 26 heavy (non-hydrogen) atoms. The molecule has 3 N–H and O–H groups in total. The van der Waals surface area contributed by atoms with E-state index in [0.29, 0.717) is 6.54 Å². The highest BCUT2D eigenvalue weighted by Gasteiger charge is 2.09. The van der Waals surface area contributed by atoms with Crippen molar-refractivity contribution in [2.45, 2.75) is 32.2 Å². The van der Waals surface area contributed by atoms with Crippen molar-refractivity contribution in [3.63, 3.8) is 0 Å². The quantitative estimate of drug-likeness (QED) is 0.677. The predicted octanol–water partition coefficient (Wildman–Crippen LogP) is 3.77. The smallest absolute Gasteiger partial charge is 0.315 e. The van der Waals surface area contributed by atoms with Crippen molar-refractivity contribution in [1.29, 1.82) is 0 Å². The van der Waals surface area contributed by atoms with Gasteiger partial charge in [0.2, 0.25) is 5.91 Å². The second-order valence-corrected chi connectivity index (χ2v) is 7.09. The maximum Gasteiger partial charge on any atom is 0.315 e. The van der Waals surface area contributed by atoms with Gasteiger partial charge in [0.25, 0.3) is 0 Å². The summed E-state index contributed by atoms with van der Waals surface area (Å²) in [7, 11) is 0. The van der Waals surface area contributed by atoms with Gasteiger partial charge in [-0.3, -0.25) is 4.79 Å². The van der Waals surface area contributed by atoms with Crippen molar-refractivity contribution in [3.05, 3.63) is 58.7 Å². The van der Waals surface area contributed by atoms with E-state index in [1.165, 1.54) is 4.90 Å². The summed E-state index contributed by atoms with van der Waals surface area (Å²) in [6, 6.07) is 11.6. The maximum absolute atomic E-state index is 12.1. The van der Waals surface area contributed by atoms with Crippen LogP contribution in [0.15, 0.2) is 41.3 Å². The van der Waals surface area contributed by atoms with Gasteiger partial charge in [-0.25, -0.2) is 4.79 Å². The van der Waals surface area contributed by atoms with Crippen molar-refractivity contribution in [2.24, 2.45) is 0 Å². The van der Waals surface area contributed by atoms with Gasteiger partial charge in [0, 0.05) is 17.1 Å². The Labute approximate surface area is 159 Å². The lowest BCUT2D eigenvalue weighted by Gasteiger charge is -2.13. The fourth-order valence-corrected chi connectivity index (χ4v) is 3.12. The van der Waals surface area contributed by atoms with Gasteiger partial charge >= 0.3 is 6.03 Å². The van der Waals surface area contributed by atoms with Crippen molar-refractivity contribution < 1.29 is 9.59 Å². The minimum absolute atomic E-state index is 0.0794. The molecule has 0 aromatic heterocycles. The average molecular weight is 372 g/mol. The number of rotatable bonds is 6. The summed E-state index contributed by atoms with van der Waals surface area (Å²) >= 11 is 1.67. The fourth-order valence-electron chi connectivity index (χ4n) is 2.71. The molecular weight excluding hydrogens is 346 g/mol. The first-order chi connectivity index (χ1) is 12.4. The number of hydrogen-bond acceptors (Lipinski definition) is 3. The summed E-state index contributed by atoms with van der Waals surface area (Å²) < 4.78 is 0. The molecule has 0 spiro atoms. The summed E-state index contributed by atoms with van der Waals surface area (Å²) in [5.74, 6) is -0.250. The number of nitrogens with one attached hydrogen (secondary N) is 3. The summed E-state index contributed by atoms with van der Waals surface area (Å²) in [5.41, 5.74) is 4.98. The molecule has 0 atom stereocenters. The normalized spacial score (nSPS) is 10.3. The van der Waals surface area contributed by atoms with Crippen LogP contribution in [0.4, 0.5) is 10.5 Å². The van der Waals surface area contributed by atoms with E-state index in [1.54, 1.807) is 11.8 Å². The zero-order valence-corrected chi connectivity index (χ0v) is 16.4. The largest absolute Gasteiger partial charge is 0.334 e. The molecule has 0 saturated heterocycles. The number of aryl methyl sites for hydroxylation is 3. The van der Waals surface area contributed by atoms with Gasteiger partial charge in [-0.15, -0.1) is 11.8 Å². The van der Waals surface area contributed by atoms with Crippen LogP contribution >= 0.6 is 11.8 Å². The van der Waals surface area contributed by atoms with Gasteiger partial charge in [0.1, 0.15) is 0 Å². The zero-order chi connectivity index (χ0) is 19.1. The number of carbonyl (C=O) groups is 2. The van der Waals surface area contributed by atoms with Crippen molar-refractivity contribution in [2.75, 3.05) is 18.1 Å². The Morgan fingerprint density at radius 2 is 1.58 bits per heavy atom. The first-order valence-electron chi connectivity index (χ1n) is 8.41. The number of urea groups is 1. The molecule has 0 fully saturated rings. The number of anilines is 1. The highest BCUT2D eigenvalue weighted by atomic mass is 32.2. The molecule has 6 heteroatoms. The van der Waals surface area contributed by atoms with Crippen LogP contribution < -0.4 is 16.0 Å². The van der Waals surface area contributed by atoms with Crippen LogP contribution in [0.25, 0.3) is 0 Å². The van der Waals surface area contributed by atoms with E-state index in [9.17, 15) is 9.59 Å². The average Bonchev–Trinajstić information content (AvgIpc) is 2.61.